The molecule has 20 heavy (non-hydrogen) atoms. The molecule has 1 N–H and O–H groups in total. The number of carboxylic acid groups (broad SMARTS) is 1. The van der Waals surface area contributed by atoms with Crippen LogP contribution in [-0.2, 0) is 16.0 Å². The topological polar surface area (TPSA) is 57.6 Å². The molecule has 0 radical (unpaired) electrons. The number of nitrogens with zero attached hydrogens (tertiary/aromatic N) is 1. The zero-order valence-corrected chi connectivity index (χ0v) is 11.8. The number of anilines is 1. The summed E-state index contributed by atoms with van der Waals surface area (Å²) in [6.07, 6.45) is 3.97. The van der Waals surface area contributed by atoms with E-state index in [2.05, 4.69) is 6.92 Å². The van der Waals surface area contributed by atoms with E-state index in [-0.39, 0.29) is 12.5 Å². The summed E-state index contributed by atoms with van der Waals surface area (Å²) in [4.78, 5) is 25.3. The van der Waals surface area contributed by atoms with Crippen LogP contribution in [0, 0.1) is 5.92 Å². The van der Waals surface area contributed by atoms with E-state index in [0.29, 0.717) is 12.8 Å². The number of aliphatic carboxylic acids is 1. The molecule has 0 aliphatic carbocycles. The average molecular weight is 275 g/mol. The van der Waals surface area contributed by atoms with Gasteiger partial charge >= 0.3 is 5.97 Å². The van der Waals surface area contributed by atoms with Gasteiger partial charge in [-0.05, 0) is 24.5 Å². The monoisotopic (exact) mass is 275 g/mol. The predicted molar refractivity (Wildman–Crippen MR) is 77.8 cm³/mol. The highest BCUT2D eigenvalue weighted by atomic mass is 16.4. The fourth-order valence-corrected chi connectivity index (χ4v) is 2.66. The first-order chi connectivity index (χ1) is 9.63. The Kier molecular flexibility index (Phi) is 4.77. The number of carbonyl (C=O) groups is 2. The number of rotatable bonds is 5. The molecular formula is C16H21NO3. The third-order valence-electron chi connectivity index (χ3n) is 3.80. The van der Waals surface area contributed by atoms with E-state index in [9.17, 15) is 14.7 Å². The Morgan fingerprint density at radius 1 is 1.30 bits per heavy atom. The smallest absolute Gasteiger partial charge is 0.308 e. The second-order valence-corrected chi connectivity index (χ2v) is 5.33. The molecule has 0 saturated heterocycles. The minimum atomic E-state index is -0.828. The van der Waals surface area contributed by atoms with Gasteiger partial charge in [0.25, 0.3) is 0 Å². The van der Waals surface area contributed by atoms with E-state index in [1.54, 1.807) is 4.90 Å². The molecule has 1 atom stereocenters. The molecule has 4 nitrogen and oxygen atoms in total. The van der Waals surface area contributed by atoms with Crippen LogP contribution in [0.4, 0.5) is 5.69 Å². The molecule has 1 heterocycles. The highest BCUT2D eigenvalue weighted by Crippen LogP contribution is 2.30. The van der Waals surface area contributed by atoms with Crippen molar-refractivity contribution in [1.82, 2.24) is 0 Å². The second kappa shape index (κ2) is 6.55. The van der Waals surface area contributed by atoms with Gasteiger partial charge in [0, 0.05) is 18.7 Å². The van der Waals surface area contributed by atoms with Crippen molar-refractivity contribution in [3.05, 3.63) is 29.8 Å². The van der Waals surface area contributed by atoms with E-state index >= 15 is 0 Å². The van der Waals surface area contributed by atoms with Gasteiger partial charge in [-0.25, -0.2) is 0 Å². The van der Waals surface area contributed by atoms with Crippen LogP contribution in [0.3, 0.4) is 0 Å². The molecule has 1 amide bonds. The average Bonchev–Trinajstić information content (AvgIpc) is 2.46. The van der Waals surface area contributed by atoms with Gasteiger partial charge in [-0.1, -0.05) is 38.0 Å². The first-order valence-corrected chi connectivity index (χ1v) is 7.24. The van der Waals surface area contributed by atoms with E-state index in [1.165, 1.54) is 0 Å². The summed E-state index contributed by atoms with van der Waals surface area (Å²) >= 11 is 0. The van der Waals surface area contributed by atoms with Crippen LogP contribution in [0.25, 0.3) is 0 Å². The molecular weight excluding hydrogens is 254 g/mol. The third kappa shape index (κ3) is 3.18. The molecule has 4 heteroatoms. The minimum Gasteiger partial charge on any atom is -0.481 e. The quantitative estimate of drug-likeness (QED) is 0.841. The zero-order chi connectivity index (χ0) is 14.5. The Hall–Kier alpha value is -1.84. The molecule has 1 aromatic rings. The molecule has 0 aromatic heterocycles. The summed E-state index contributed by atoms with van der Waals surface area (Å²) in [5.41, 5.74) is 1.83. The van der Waals surface area contributed by atoms with Crippen LogP contribution < -0.4 is 4.90 Å². The Bertz CT molecular complexity index is 498. The molecule has 0 spiro atoms. The number of fused-ring (bicyclic) bond motifs is 1. The molecule has 0 bridgehead atoms. The number of unbranched alkanes of at least 4 members (excludes halogenated alkanes) is 2. The number of carboxylic acids is 1. The van der Waals surface area contributed by atoms with Gasteiger partial charge in [-0.2, -0.15) is 0 Å². The number of benzene rings is 1. The molecule has 1 aliphatic rings. The van der Waals surface area contributed by atoms with E-state index in [0.717, 1.165) is 30.5 Å². The van der Waals surface area contributed by atoms with Gasteiger partial charge in [0.05, 0.1) is 5.92 Å². The highest BCUT2D eigenvalue weighted by molar-refractivity contribution is 5.95. The van der Waals surface area contributed by atoms with Crippen molar-refractivity contribution in [2.45, 2.75) is 39.0 Å². The summed E-state index contributed by atoms with van der Waals surface area (Å²) in [6, 6.07) is 7.61. The SMILES string of the molecule is CCCCCC(=O)N1CC(C(=O)O)Cc2ccccc21. The molecule has 2 rings (SSSR count). The minimum absolute atomic E-state index is 0.0388. The lowest BCUT2D eigenvalue weighted by molar-refractivity contribution is -0.141. The molecule has 0 fully saturated rings. The maximum Gasteiger partial charge on any atom is 0.308 e. The number of hydrogen-bond acceptors (Lipinski definition) is 2. The number of carbonyl (C=O) groups excluding carboxylic acids is 1. The lowest BCUT2D eigenvalue weighted by atomic mass is 9.92. The van der Waals surface area contributed by atoms with Crippen molar-refractivity contribution in [1.29, 1.82) is 0 Å². The van der Waals surface area contributed by atoms with Crippen LogP contribution in [-0.4, -0.2) is 23.5 Å². The van der Waals surface area contributed by atoms with Crippen molar-refractivity contribution in [2.75, 3.05) is 11.4 Å². The zero-order valence-electron chi connectivity index (χ0n) is 11.8. The lowest BCUT2D eigenvalue weighted by Gasteiger charge is -2.33. The summed E-state index contributed by atoms with van der Waals surface area (Å²) < 4.78 is 0. The van der Waals surface area contributed by atoms with Crippen molar-refractivity contribution in [3.8, 4) is 0 Å². The third-order valence-corrected chi connectivity index (χ3v) is 3.80. The van der Waals surface area contributed by atoms with Crippen molar-refractivity contribution >= 4 is 17.6 Å². The molecule has 108 valence electrons. The normalized spacial score (nSPS) is 17.6. The fourth-order valence-electron chi connectivity index (χ4n) is 2.66. The van der Waals surface area contributed by atoms with Crippen molar-refractivity contribution < 1.29 is 14.7 Å². The first kappa shape index (κ1) is 14.6. The summed E-state index contributed by atoms with van der Waals surface area (Å²) in [5.74, 6) is -1.29. The second-order valence-electron chi connectivity index (χ2n) is 5.33. The Morgan fingerprint density at radius 2 is 2.05 bits per heavy atom. The Morgan fingerprint density at radius 3 is 2.75 bits per heavy atom. The van der Waals surface area contributed by atoms with Gasteiger partial charge in [-0.15, -0.1) is 0 Å². The van der Waals surface area contributed by atoms with Gasteiger partial charge in [0.1, 0.15) is 0 Å². The summed E-state index contributed by atoms with van der Waals surface area (Å²) in [6.45, 7) is 2.39. The summed E-state index contributed by atoms with van der Waals surface area (Å²) in [5, 5.41) is 9.24. The Balaban J connectivity index is 2.18. The van der Waals surface area contributed by atoms with Crippen molar-refractivity contribution in [3.63, 3.8) is 0 Å². The van der Waals surface area contributed by atoms with E-state index in [1.807, 2.05) is 24.3 Å². The molecule has 1 unspecified atom stereocenters. The molecule has 1 aliphatic heterocycles. The van der Waals surface area contributed by atoms with Crippen LogP contribution >= 0.6 is 0 Å². The van der Waals surface area contributed by atoms with Gasteiger partial charge in [0.15, 0.2) is 0 Å². The number of para-hydroxylation sites is 1. The number of amides is 1. The van der Waals surface area contributed by atoms with Gasteiger partial charge in [0.2, 0.25) is 5.91 Å². The number of hydrogen-bond donors (Lipinski definition) is 1. The standard InChI is InChI=1S/C16H21NO3/c1-2-3-4-9-15(18)17-11-13(16(19)20)10-12-7-5-6-8-14(12)17/h5-8,13H,2-4,9-11H2,1H3,(H,19,20). The van der Waals surface area contributed by atoms with Gasteiger partial charge < -0.3 is 10.0 Å². The van der Waals surface area contributed by atoms with Crippen LogP contribution in [0.2, 0.25) is 0 Å². The van der Waals surface area contributed by atoms with Crippen LogP contribution in [0.1, 0.15) is 38.2 Å². The first-order valence-electron chi connectivity index (χ1n) is 7.24. The molecule has 1 aromatic carbocycles. The van der Waals surface area contributed by atoms with E-state index in [4.69, 9.17) is 0 Å². The maximum absolute atomic E-state index is 12.3. The lowest BCUT2D eigenvalue weighted by Crippen LogP contribution is -2.42. The van der Waals surface area contributed by atoms with Crippen LogP contribution in [0.5, 0.6) is 0 Å². The predicted octanol–water partition coefficient (Wildman–Crippen LogP) is 2.86. The maximum atomic E-state index is 12.3. The molecule has 0 saturated carbocycles. The summed E-state index contributed by atoms with van der Waals surface area (Å²) in [7, 11) is 0. The highest BCUT2D eigenvalue weighted by Gasteiger charge is 2.31. The van der Waals surface area contributed by atoms with Gasteiger partial charge in [-0.3, -0.25) is 9.59 Å². The Labute approximate surface area is 119 Å². The van der Waals surface area contributed by atoms with Crippen molar-refractivity contribution in [2.24, 2.45) is 5.92 Å². The largest absolute Gasteiger partial charge is 0.481 e. The van der Waals surface area contributed by atoms with E-state index < -0.39 is 11.9 Å². The van der Waals surface area contributed by atoms with Crippen LogP contribution in [0.15, 0.2) is 24.3 Å². The fraction of sp³-hybridized carbons (Fsp3) is 0.500.